The zero-order valence-corrected chi connectivity index (χ0v) is 15.4. The molecule has 1 fully saturated rings. The van der Waals surface area contributed by atoms with E-state index in [9.17, 15) is 14.4 Å². The fourth-order valence-corrected chi connectivity index (χ4v) is 3.96. The minimum Gasteiger partial charge on any atom is -0.462 e. The number of nitrogens with one attached hydrogen (secondary N) is 1. The van der Waals surface area contributed by atoms with Crippen LogP contribution in [0.4, 0.5) is 0 Å². The quantitative estimate of drug-likeness (QED) is 0.821. The zero-order valence-electron chi connectivity index (χ0n) is 14.6. The number of esters is 1. The maximum atomic E-state index is 12.5. The first-order valence-corrected chi connectivity index (χ1v) is 8.83. The number of nitrogens with zero attached hydrogens (tertiary/aromatic N) is 3. The van der Waals surface area contributed by atoms with Gasteiger partial charge in [-0.15, -0.1) is 11.3 Å². The first-order chi connectivity index (χ1) is 11.8. The molecular formula is C16H20N4O4S. The predicted molar refractivity (Wildman–Crippen MR) is 93.7 cm³/mol. The third-order valence-electron chi connectivity index (χ3n) is 4.38. The van der Waals surface area contributed by atoms with Crippen molar-refractivity contribution in [1.29, 1.82) is 0 Å². The number of carbonyl (C=O) groups is 2. The molecule has 134 valence electrons. The molecule has 2 aromatic heterocycles. The van der Waals surface area contributed by atoms with Crippen LogP contribution in [0.15, 0.2) is 4.79 Å². The number of amides is 1. The molecule has 25 heavy (non-hydrogen) atoms. The number of aryl methyl sites for hydroxylation is 1. The van der Waals surface area contributed by atoms with Crippen molar-refractivity contribution in [2.75, 3.05) is 26.9 Å². The second-order valence-electron chi connectivity index (χ2n) is 6.06. The van der Waals surface area contributed by atoms with Crippen LogP contribution in [0.2, 0.25) is 0 Å². The van der Waals surface area contributed by atoms with Crippen molar-refractivity contribution in [3.05, 3.63) is 26.6 Å². The summed E-state index contributed by atoms with van der Waals surface area (Å²) in [4.78, 5) is 48.1. The molecule has 3 rings (SSSR count). The minimum atomic E-state index is -0.441. The fourth-order valence-electron chi connectivity index (χ4n) is 2.88. The van der Waals surface area contributed by atoms with Gasteiger partial charge in [0.25, 0.3) is 5.56 Å². The zero-order chi connectivity index (χ0) is 18.3. The third kappa shape index (κ3) is 3.05. The molecule has 9 heteroatoms. The molecule has 0 bridgehead atoms. The van der Waals surface area contributed by atoms with Crippen LogP contribution in [-0.4, -0.2) is 58.5 Å². The van der Waals surface area contributed by atoms with Crippen LogP contribution in [0.25, 0.3) is 10.2 Å². The van der Waals surface area contributed by atoms with Gasteiger partial charge in [-0.1, -0.05) is 0 Å². The highest BCUT2D eigenvalue weighted by molar-refractivity contribution is 7.20. The van der Waals surface area contributed by atoms with Crippen LogP contribution >= 0.6 is 11.3 Å². The highest BCUT2D eigenvalue weighted by atomic mass is 32.1. The Hall–Kier alpha value is -2.26. The van der Waals surface area contributed by atoms with Crippen molar-refractivity contribution in [3.8, 4) is 0 Å². The third-order valence-corrected chi connectivity index (χ3v) is 5.55. The van der Waals surface area contributed by atoms with E-state index in [0.29, 0.717) is 33.2 Å². The number of thiophene rings is 1. The van der Waals surface area contributed by atoms with Gasteiger partial charge in [0, 0.05) is 7.05 Å². The standard InChI is InChI=1S/C16H20N4O4S/c1-5-24-16(23)12-8(2)11-14(22)17-13(18-15(11)25-12)9(3)20-6-10(21)19(4)7-20/h9H,5-7H2,1-4H3,(H,17,18,22). The Bertz CT molecular complexity index is 903. The first kappa shape index (κ1) is 17.6. The highest BCUT2D eigenvalue weighted by Gasteiger charge is 2.30. The van der Waals surface area contributed by atoms with Gasteiger partial charge in [-0.2, -0.15) is 0 Å². The summed E-state index contributed by atoms with van der Waals surface area (Å²) in [6, 6.07) is -0.223. The topological polar surface area (TPSA) is 95.6 Å². The molecule has 1 aliphatic rings. The number of hydrogen-bond donors (Lipinski definition) is 1. The predicted octanol–water partition coefficient (Wildman–Crippen LogP) is 1.26. The molecule has 0 radical (unpaired) electrons. The van der Waals surface area contributed by atoms with Crippen LogP contribution < -0.4 is 5.56 Å². The summed E-state index contributed by atoms with van der Waals surface area (Å²) in [5, 5.41) is 0.415. The number of aromatic nitrogens is 2. The number of likely N-dealkylation sites (N-methyl/N-ethyl adjacent to an activating group) is 1. The van der Waals surface area contributed by atoms with E-state index in [1.165, 1.54) is 0 Å². The Morgan fingerprint density at radius 2 is 2.16 bits per heavy atom. The minimum absolute atomic E-state index is 0.0341. The van der Waals surface area contributed by atoms with E-state index in [0.717, 1.165) is 11.3 Å². The first-order valence-electron chi connectivity index (χ1n) is 8.02. The lowest BCUT2D eigenvalue weighted by molar-refractivity contribution is -0.125. The Kier molecular flexibility index (Phi) is 4.61. The van der Waals surface area contributed by atoms with Crippen molar-refractivity contribution in [2.45, 2.75) is 26.8 Å². The lowest BCUT2D eigenvalue weighted by Crippen LogP contribution is -2.29. The van der Waals surface area contributed by atoms with Gasteiger partial charge in [0.2, 0.25) is 5.91 Å². The summed E-state index contributed by atoms with van der Waals surface area (Å²) in [6.07, 6.45) is 0. The highest BCUT2D eigenvalue weighted by Crippen LogP contribution is 2.29. The summed E-state index contributed by atoms with van der Waals surface area (Å²) in [5.74, 6) is 0.0767. The molecule has 1 saturated heterocycles. The summed E-state index contributed by atoms with van der Waals surface area (Å²) in [5.41, 5.74) is 0.303. The summed E-state index contributed by atoms with van der Waals surface area (Å²) in [6.45, 7) is 6.40. The van der Waals surface area contributed by atoms with Crippen LogP contribution in [-0.2, 0) is 9.53 Å². The number of fused-ring (bicyclic) bond motifs is 1. The normalized spacial score (nSPS) is 16.6. The van der Waals surface area contributed by atoms with Gasteiger partial charge in [0.1, 0.15) is 15.5 Å². The second-order valence-corrected chi connectivity index (χ2v) is 7.06. The molecule has 8 nitrogen and oxygen atoms in total. The summed E-state index contributed by atoms with van der Waals surface area (Å²) in [7, 11) is 1.74. The van der Waals surface area contributed by atoms with Gasteiger partial charge in [-0.05, 0) is 26.3 Å². The molecule has 1 aliphatic heterocycles. The summed E-state index contributed by atoms with van der Waals surface area (Å²) < 4.78 is 5.04. The van der Waals surface area contributed by atoms with Crippen molar-refractivity contribution in [3.63, 3.8) is 0 Å². The van der Waals surface area contributed by atoms with Crippen molar-refractivity contribution < 1.29 is 14.3 Å². The Morgan fingerprint density at radius 1 is 1.44 bits per heavy atom. The van der Waals surface area contributed by atoms with Gasteiger partial charge in [-0.25, -0.2) is 9.78 Å². The second kappa shape index (κ2) is 6.57. The SMILES string of the molecule is CCOC(=O)c1sc2nc(C(C)N3CC(=O)N(C)C3)[nH]c(=O)c2c1C. The van der Waals surface area contributed by atoms with Crippen molar-refractivity contribution in [1.82, 2.24) is 19.8 Å². The number of hydrogen-bond acceptors (Lipinski definition) is 7. The van der Waals surface area contributed by atoms with E-state index in [-0.39, 0.29) is 30.7 Å². The van der Waals surface area contributed by atoms with Gasteiger partial charge >= 0.3 is 5.97 Å². The molecule has 0 aliphatic carbocycles. The molecule has 0 saturated carbocycles. The Morgan fingerprint density at radius 3 is 2.76 bits per heavy atom. The van der Waals surface area contributed by atoms with Crippen molar-refractivity contribution in [2.24, 2.45) is 0 Å². The lowest BCUT2D eigenvalue weighted by Gasteiger charge is -2.21. The molecule has 0 aromatic carbocycles. The van der Waals surface area contributed by atoms with Gasteiger partial charge in [-0.3, -0.25) is 14.5 Å². The molecule has 3 heterocycles. The van der Waals surface area contributed by atoms with Crippen LogP contribution in [0.1, 0.15) is 40.9 Å². The van der Waals surface area contributed by atoms with E-state index in [4.69, 9.17) is 4.74 Å². The lowest BCUT2D eigenvalue weighted by atomic mass is 10.2. The average Bonchev–Trinajstić information content (AvgIpc) is 3.07. The van der Waals surface area contributed by atoms with Crippen LogP contribution in [0.5, 0.6) is 0 Å². The largest absolute Gasteiger partial charge is 0.462 e. The average molecular weight is 364 g/mol. The van der Waals surface area contributed by atoms with Gasteiger partial charge in [0.05, 0.1) is 31.2 Å². The van der Waals surface area contributed by atoms with Crippen LogP contribution in [0, 0.1) is 6.92 Å². The Labute approximate surface area is 148 Å². The molecule has 1 N–H and O–H groups in total. The Balaban J connectivity index is 2.00. The van der Waals surface area contributed by atoms with E-state index in [1.807, 2.05) is 11.8 Å². The smallest absolute Gasteiger partial charge is 0.348 e. The van der Waals surface area contributed by atoms with Crippen LogP contribution in [0.3, 0.4) is 0 Å². The number of H-pyrrole nitrogens is 1. The molecule has 2 aromatic rings. The van der Waals surface area contributed by atoms with E-state index < -0.39 is 5.97 Å². The number of rotatable bonds is 4. The monoisotopic (exact) mass is 364 g/mol. The van der Waals surface area contributed by atoms with E-state index in [1.54, 1.807) is 25.8 Å². The molecular weight excluding hydrogens is 344 g/mol. The maximum Gasteiger partial charge on any atom is 0.348 e. The van der Waals surface area contributed by atoms with Gasteiger partial charge < -0.3 is 14.6 Å². The number of carbonyl (C=O) groups excluding carboxylic acids is 2. The molecule has 1 unspecified atom stereocenters. The summed E-state index contributed by atoms with van der Waals surface area (Å²) >= 11 is 1.16. The fraction of sp³-hybridized carbons (Fsp3) is 0.500. The van der Waals surface area contributed by atoms with E-state index >= 15 is 0 Å². The van der Waals surface area contributed by atoms with E-state index in [2.05, 4.69) is 9.97 Å². The number of aromatic amines is 1. The molecule has 1 amide bonds. The van der Waals surface area contributed by atoms with Crippen molar-refractivity contribution >= 4 is 33.4 Å². The van der Waals surface area contributed by atoms with Gasteiger partial charge in [0.15, 0.2) is 0 Å². The maximum absolute atomic E-state index is 12.5. The molecule has 1 atom stereocenters. The molecule has 0 spiro atoms. The number of ether oxygens (including phenoxy) is 1.